The molecule has 26 heavy (non-hydrogen) atoms. The van der Waals surface area contributed by atoms with Gasteiger partial charge in [0.05, 0.1) is 34.4 Å². The fraction of sp³-hybridized carbons (Fsp3) is 0.421. The van der Waals surface area contributed by atoms with Gasteiger partial charge in [0.25, 0.3) is 0 Å². The van der Waals surface area contributed by atoms with Crippen molar-refractivity contribution < 1.29 is 14.2 Å². The predicted molar refractivity (Wildman–Crippen MR) is 109 cm³/mol. The Balaban J connectivity index is 1.93. The van der Waals surface area contributed by atoms with Crippen molar-refractivity contribution in [2.45, 2.75) is 32.4 Å². The molecule has 0 bridgehead atoms. The van der Waals surface area contributed by atoms with Crippen LogP contribution in [0.3, 0.4) is 0 Å². The van der Waals surface area contributed by atoms with E-state index in [2.05, 4.69) is 56.3 Å². The molecule has 0 saturated carbocycles. The van der Waals surface area contributed by atoms with Crippen LogP contribution in [0.5, 0.6) is 11.5 Å². The molecule has 3 heterocycles. The van der Waals surface area contributed by atoms with E-state index in [1.807, 2.05) is 6.07 Å². The minimum Gasteiger partial charge on any atom is -0.493 e. The number of hydrogen-bond donors (Lipinski definition) is 0. The van der Waals surface area contributed by atoms with Crippen LogP contribution >= 0.6 is 31.9 Å². The highest BCUT2D eigenvalue weighted by Crippen LogP contribution is 2.46. The molecule has 0 radical (unpaired) electrons. The third-order valence-corrected chi connectivity index (χ3v) is 6.86. The number of fused-ring (bicyclic) bond motifs is 3. The number of methoxy groups -OCH3 is 2. The van der Waals surface area contributed by atoms with Crippen LogP contribution in [0.2, 0.25) is 0 Å². The second kappa shape index (κ2) is 6.30. The molecule has 0 aliphatic carbocycles. The first-order chi connectivity index (χ1) is 12.4. The van der Waals surface area contributed by atoms with Crippen molar-refractivity contribution in [2.75, 3.05) is 20.8 Å². The lowest BCUT2D eigenvalue weighted by Crippen LogP contribution is -2.17. The van der Waals surface area contributed by atoms with Crippen LogP contribution in [0.1, 0.15) is 25.1 Å². The molecule has 5 nitrogen and oxygen atoms in total. The zero-order valence-electron chi connectivity index (χ0n) is 15.2. The Kier molecular flexibility index (Phi) is 4.34. The Morgan fingerprint density at radius 3 is 2.35 bits per heavy atom. The first-order valence-corrected chi connectivity index (χ1v) is 10.0. The van der Waals surface area contributed by atoms with Gasteiger partial charge in [-0.2, -0.15) is 0 Å². The highest BCUT2D eigenvalue weighted by molar-refractivity contribution is 9.13. The monoisotopic (exact) mass is 482 g/mol. The summed E-state index contributed by atoms with van der Waals surface area (Å²) in [5.74, 6) is 2.17. The van der Waals surface area contributed by atoms with E-state index in [0.29, 0.717) is 12.5 Å². The molecule has 138 valence electrons. The van der Waals surface area contributed by atoms with E-state index in [1.165, 1.54) is 5.56 Å². The van der Waals surface area contributed by atoms with Gasteiger partial charge in [0, 0.05) is 12.1 Å². The molecule has 4 rings (SSSR count). The summed E-state index contributed by atoms with van der Waals surface area (Å²) in [6.07, 6.45) is 0.903. The van der Waals surface area contributed by atoms with Gasteiger partial charge >= 0.3 is 0 Å². The van der Waals surface area contributed by atoms with Crippen LogP contribution in [0, 0.1) is 0 Å². The Hall–Kier alpha value is -1.47. The Labute approximate surface area is 169 Å². The fourth-order valence-corrected chi connectivity index (χ4v) is 4.73. The third kappa shape index (κ3) is 2.67. The van der Waals surface area contributed by atoms with Crippen molar-refractivity contribution >= 4 is 37.8 Å². The molecule has 0 amide bonds. The SMILES string of the molecule is COc1cc2c(cc1OC)-c1c(Br)c(Br)c(C3=NC(C)(C)CO3)n1CC2. The predicted octanol–water partition coefficient (Wildman–Crippen LogP) is 4.81. The van der Waals surface area contributed by atoms with Crippen molar-refractivity contribution in [3.63, 3.8) is 0 Å². The fourth-order valence-electron chi connectivity index (χ4n) is 3.54. The van der Waals surface area contributed by atoms with Crippen LogP contribution in [0.4, 0.5) is 0 Å². The summed E-state index contributed by atoms with van der Waals surface area (Å²) in [7, 11) is 3.32. The third-order valence-electron chi connectivity index (χ3n) is 4.79. The normalized spacial score (nSPS) is 17.2. The maximum absolute atomic E-state index is 5.92. The molecule has 0 spiro atoms. The van der Waals surface area contributed by atoms with E-state index in [4.69, 9.17) is 19.2 Å². The largest absolute Gasteiger partial charge is 0.493 e. The highest BCUT2D eigenvalue weighted by atomic mass is 79.9. The molecule has 7 heteroatoms. The molecule has 0 fully saturated rings. The number of benzene rings is 1. The second-order valence-corrected chi connectivity index (χ2v) is 8.70. The molecule has 0 saturated heterocycles. The molecule has 0 unspecified atom stereocenters. The van der Waals surface area contributed by atoms with E-state index in [9.17, 15) is 0 Å². The summed E-state index contributed by atoms with van der Waals surface area (Å²) in [4.78, 5) is 4.77. The molecule has 1 aromatic carbocycles. The number of ether oxygens (including phenoxy) is 3. The smallest absolute Gasteiger partial charge is 0.235 e. The first-order valence-electron chi connectivity index (χ1n) is 8.42. The number of hydrogen-bond acceptors (Lipinski definition) is 4. The first kappa shape index (κ1) is 17.9. The molecule has 0 N–H and O–H groups in total. The van der Waals surface area contributed by atoms with Crippen molar-refractivity contribution in [1.82, 2.24) is 4.57 Å². The average molecular weight is 484 g/mol. The number of nitrogens with zero attached hydrogens (tertiary/aromatic N) is 2. The van der Waals surface area contributed by atoms with Crippen molar-refractivity contribution in [2.24, 2.45) is 4.99 Å². The van der Waals surface area contributed by atoms with Gasteiger partial charge < -0.3 is 18.8 Å². The average Bonchev–Trinajstić information content (AvgIpc) is 3.10. The number of rotatable bonds is 3. The van der Waals surface area contributed by atoms with Crippen molar-refractivity contribution in [3.05, 3.63) is 32.3 Å². The molecular formula is C19H20Br2N2O3. The summed E-state index contributed by atoms with van der Waals surface area (Å²) in [5.41, 5.74) is 4.25. The van der Waals surface area contributed by atoms with Crippen molar-refractivity contribution in [1.29, 1.82) is 0 Å². The quantitative estimate of drug-likeness (QED) is 0.629. The number of halogens is 2. The molecule has 2 aromatic rings. The maximum atomic E-state index is 5.92. The summed E-state index contributed by atoms with van der Waals surface area (Å²) in [6, 6.07) is 4.11. The topological polar surface area (TPSA) is 45.0 Å². The van der Waals surface area contributed by atoms with Gasteiger partial charge in [-0.3, -0.25) is 0 Å². The van der Waals surface area contributed by atoms with Gasteiger partial charge in [0.2, 0.25) is 5.90 Å². The van der Waals surface area contributed by atoms with E-state index in [0.717, 1.165) is 50.4 Å². The lowest BCUT2D eigenvalue weighted by Gasteiger charge is -2.23. The van der Waals surface area contributed by atoms with Gasteiger partial charge in [-0.25, -0.2) is 4.99 Å². The number of aromatic nitrogens is 1. The summed E-state index contributed by atoms with van der Waals surface area (Å²) in [6.45, 7) is 5.60. The number of aryl methyl sites for hydroxylation is 1. The minimum absolute atomic E-state index is 0.199. The lowest BCUT2D eigenvalue weighted by molar-refractivity contribution is 0.278. The molecular weight excluding hydrogens is 464 g/mol. The molecule has 0 atom stereocenters. The molecule has 2 aliphatic heterocycles. The Morgan fingerprint density at radius 1 is 1.08 bits per heavy atom. The van der Waals surface area contributed by atoms with Gasteiger partial charge in [-0.1, -0.05) is 0 Å². The zero-order chi connectivity index (χ0) is 18.6. The van der Waals surface area contributed by atoms with Crippen molar-refractivity contribution in [3.8, 4) is 22.8 Å². The van der Waals surface area contributed by atoms with E-state index in [1.54, 1.807) is 14.2 Å². The minimum atomic E-state index is -0.199. The van der Waals surface area contributed by atoms with Gasteiger partial charge in [-0.15, -0.1) is 0 Å². The van der Waals surface area contributed by atoms with Gasteiger partial charge in [0.15, 0.2) is 11.5 Å². The van der Waals surface area contributed by atoms with E-state index < -0.39 is 0 Å². The summed E-state index contributed by atoms with van der Waals surface area (Å²) >= 11 is 7.50. The van der Waals surface area contributed by atoms with Gasteiger partial charge in [-0.05, 0) is 69.8 Å². The standard InChI is InChI=1S/C19H20Br2N2O3/c1-19(2)9-26-18(22-19)17-15(21)14(20)16-11-8-13(25-4)12(24-3)7-10(11)5-6-23(16)17/h7-8H,5-6,9H2,1-4H3. The summed E-state index contributed by atoms with van der Waals surface area (Å²) < 4.78 is 21.1. The lowest BCUT2D eigenvalue weighted by atomic mass is 9.97. The van der Waals surface area contributed by atoms with Crippen LogP contribution in [0.25, 0.3) is 11.3 Å². The van der Waals surface area contributed by atoms with Crippen LogP contribution in [-0.2, 0) is 17.7 Å². The molecule has 2 aliphatic rings. The Bertz CT molecular complexity index is 932. The maximum Gasteiger partial charge on any atom is 0.235 e. The van der Waals surface area contributed by atoms with E-state index >= 15 is 0 Å². The summed E-state index contributed by atoms with van der Waals surface area (Å²) in [5, 5.41) is 0. The highest BCUT2D eigenvalue weighted by Gasteiger charge is 2.34. The van der Waals surface area contributed by atoms with Gasteiger partial charge in [0.1, 0.15) is 12.3 Å². The van der Waals surface area contributed by atoms with E-state index in [-0.39, 0.29) is 5.54 Å². The second-order valence-electron chi connectivity index (χ2n) is 7.11. The zero-order valence-corrected chi connectivity index (χ0v) is 18.3. The Morgan fingerprint density at radius 2 is 1.73 bits per heavy atom. The molecule has 1 aromatic heterocycles. The van der Waals surface area contributed by atoms with Crippen LogP contribution < -0.4 is 9.47 Å². The van der Waals surface area contributed by atoms with Crippen LogP contribution in [0.15, 0.2) is 26.1 Å². The number of aliphatic imine (C=N–C) groups is 1. The van der Waals surface area contributed by atoms with Crippen LogP contribution in [-0.4, -0.2) is 36.8 Å².